The van der Waals surface area contributed by atoms with Crippen molar-refractivity contribution >= 4 is 23.1 Å². The van der Waals surface area contributed by atoms with E-state index in [2.05, 4.69) is 0 Å². The van der Waals surface area contributed by atoms with Crippen molar-refractivity contribution < 1.29 is 44.7 Å². The van der Waals surface area contributed by atoms with Gasteiger partial charge in [-0.3, -0.25) is 19.2 Å². The van der Waals surface area contributed by atoms with Gasteiger partial charge < -0.3 is 25.5 Å². The van der Waals surface area contributed by atoms with Crippen LogP contribution in [0, 0.1) is 23.2 Å². The fourth-order valence-electron chi connectivity index (χ4n) is 6.06. The summed E-state index contributed by atoms with van der Waals surface area (Å²) in [4.78, 5) is 54.1. The zero-order valence-electron chi connectivity index (χ0n) is 21.8. The Morgan fingerprint density at radius 3 is 2.11 bits per heavy atom. The van der Waals surface area contributed by atoms with Gasteiger partial charge in [-0.15, -0.1) is 0 Å². The number of carbonyl (C=O) groups excluding carboxylic acids is 4. The maximum absolute atomic E-state index is 14.1. The molecular weight excluding hydrogens is 480 g/mol. The van der Waals surface area contributed by atoms with Crippen molar-refractivity contribution in [2.75, 3.05) is 0 Å². The highest BCUT2D eigenvalue weighted by molar-refractivity contribution is 6.26. The van der Waals surface area contributed by atoms with Gasteiger partial charge in [0.15, 0.2) is 23.0 Å². The largest absolute Gasteiger partial charge is 0.511 e. The van der Waals surface area contributed by atoms with Crippen molar-refractivity contribution in [1.29, 1.82) is 0 Å². The average molecular weight is 515 g/mol. The van der Waals surface area contributed by atoms with E-state index in [0.29, 0.717) is 6.42 Å². The number of allylic oxidation sites excluding steroid dienone is 6. The molecule has 0 unspecified atom stereocenters. The van der Waals surface area contributed by atoms with Crippen LogP contribution in [0.15, 0.2) is 58.3 Å². The van der Waals surface area contributed by atoms with Crippen LogP contribution in [0.5, 0.6) is 0 Å². The lowest BCUT2D eigenvalue weighted by Gasteiger charge is -2.57. The molecule has 0 amide bonds. The summed E-state index contributed by atoms with van der Waals surface area (Å²) >= 11 is 0. The maximum atomic E-state index is 14.1. The highest BCUT2D eigenvalue weighted by atomic mass is 16.3. The SMILES string of the molecule is C/C=C/CCC(=O)C1=C(O)[C@]2(C)C(=O)[C@](C)(O)[C@H]1[C@H](C(=O)C1=C(O)C(C)=C(O)[C@@](C)(O)C1=O)[C@H]2/C=C/C. The molecular formula is C28H34O9. The summed E-state index contributed by atoms with van der Waals surface area (Å²) in [6, 6.07) is 0. The zero-order chi connectivity index (χ0) is 28.2. The Balaban J connectivity index is 2.33. The summed E-state index contributed by atoms with van der Waals surface area (Å²) in [6.45, 7) is 8.10. The second-order valence-corrected chi connectivity index (χ2v) is 10.5. The van der Waals surface area contributed by atoms with Gasteiger partial charge in [-0.2, -0.15) is 0 Å². The first-order chi connectivity index (χ1) is 17.0. The van der Waals surface area contributed by atoms with Crippen molar-refractivity contribution in [2.45, 2.75) is 65.6 Å². The van der Waals surface area contributed by atoms with Crippen molar-refractivity contribution in [1.82, 2.24) is 0 Å². The third kappa shape index (κ3) is 3.75. The predicted molar refractivity (Wildman–Crippen MR) is 133 cm³/mol. The Morgan fingerprint density at radius 2 is 1.57 bits per heavy atom. The molecule has 0 aliphatic heterocycles. The molecule has 1 saturated carbocycles. The number of aliphatic hydroxyl groups is 5. The first-order valence-electron chi connectivity index (χ1n) is 12.2. The van der Waals surface area contributed by atoms with E-state index < -0.39 is 80.4 Å². The molecule has 0 saturated heterocycles. The normalized spacial score (nSPS) is 36.5. The molecule has 0 aromatic carbocycles. The Kier molecular flexibility index (Phi) is 7.05. The molecule has 0 aromatic rings. The predicted octanol–water partition coefficient (Wildman–Crippen LogP) is 3.05. The van der Waals surface area contributed by atoms with Gasteiger partial charge in [0.25, 0.3) is 0 Å². The molecule has 1 fully saturated rings. The quantitative estimate of drug-likeness (QED) is 0.253. The summed E-state index contributed by atoms with van der Waals surface area (Å²) in [6.07, 6.45) is 6.77. The topological polar surface area (TPSA) is 169 Å². The van der Waals surface area contributed by atoms with Gasteiger partial charge in [0.1, 0.15) is 28.5 Å². The minimum absolute atomic E-state index is 0.0624. The lowest BCUT2D eigenvalue weighted by molar-refractivity contribution is -0.174. The molecule has 37 heavy (non-hydrogen) atoms. The number of Topliss-reactive ketones (excluding diaryl/α,β-unsaturated/α-hetero) is 4. The van der Waals surface area contributed by atoms with Gasteiger partial charge in [0, 0.05) is 35.3 Å². The van der Waals surface area contributed by atoms with Crippen LogP contribution in [-0.2, 0) is 19.2 Å². The lowest BCUT2D eigenvalue weighted by Crippen LogP contribution is -2.69. The fourth-order valence-corrected chi connectivity index (χ4v) is 6.06. The fraction of sp³-hybridized carbons (Fsp3) is 0.500. The van der Waals surface area contributed by atoms with Gasteiger partial charge in [0.05, 0.1) is 5.41 Å². The third-order valence-electron chi connectivity index (χ3n) is 8.11. The van der Waals surface area contributed by atoms with Gasteiger partial charge in [-0.25, -0.2) is 0 Å². The van der Waals surface area contributed by atoms with Crippen LogP contribution >= 0.6 is 0 Å². The average Bonchev–Trinajstić information content (AvgIpc) is 2.83. The summed E-state index contributed by atoms with van der Waals surface area (Å²) in [5.41, 5.74) is -8.02. The molecule has 0 aromatic heterocycles. The molecule has 6 atom stereocenters. The Hall–Kier alpha value is -3.30. The standard InChI is InChI=1S/C28H34O9/c1-7-9-10-12-15(29)17-19-16(14(11-8-2)26(4,23(17)33)25(35)27(19,5)36)21(31)18-20(30)13(3)22(32)28(6,37)24(18)34/h7-9,11,14,16,19,30,32-33,36-37H,10,12H2,1-6H3/b9-7+,11-8+/t14-,16-,19+,26-,27-,28-/m1/s1. The molecule has 0 spiro atoms. The Labute approximate surface area is 215 Å². The van der Waals surface area contributed by atoms with Gasteiger partial charge in [-0.1, -0.05) is 24.3 Å². The van der Waals surface area contributed by atoms with Crippen molar-refractivity contribution in [3.05, 3.63) is 58.3 Å². The number of hydrogen-bond donors (Lipinski definition) is 5. The first-order valence-corrected chi connectivity index (χ1v) is 12.2. The molecule has 0 radical (unpaired) electrons. The lowest BCUT2D eigenvalue weighted by atomic mass is 9.44. The highest BCUT2D eigenvalue weighted by Crippen LogP contribution is 2.61. The van der Waals surface area contributed by atoms with E-state index in [0.717, 1.165) is 6.92 Å². The van der Waals surface area contributed by atoms with Crippen LogP contribution in [0.2, 0.25) is 0 Å². The van der Waals surface area contributed by atoms with Crippen LogP contribution in [0.25, 0.3) is 0 Å². The van der Waals surface area contributed by atoms with E-state index in [1.165, 1.54) is 26.8 Å². The van der Waals surface area contributed by atoms with E-state index in [1.54, 1.807) is 32.1 Å². The molecule has 4 aliphatic rings. The monoisotopic (exact) mass is 514 g/mol. The summed E-state index contributed by atoms with van der Waals surface area (Å²) in [7, 11) is 0. The minimum atomic E-state index is -2.50. The van der Waals surface area contributed by atoms with E-state index in [9.17, 15) is 44.7 Å². The van der Waals surface area contributed by atoms with Crippen LogP contribution in [0.1, 0.15) is 54.4 Å². The first kappa shape index (κ1) is 28.3. The molecule has 2 bridgehead atoms. The molecule has 4 rings (SSSR count). The van der Waals surface area contributed by atoms with Crippen LogP contribution in [-0.4, -0.2) is 59.9 Å². The van der Waals surface area contributed by atoms with E-state index >= 15 is 0 Å². The number of carbonyl (C=O) groups is 4. The van der Waals surface area contributed by atoms with Gasteiger partial charge in [0.2, 0.25) is 5.78 Å². The Morgan fingerprint density at radius 1 is 0.973 bits per heavy atom. The van der Waals surface area contributed by atoms with E-state index in [1.807, 2.05) is 0 Å². The van der Waals surface area contributed by atoms with Crippen LogP contribution < -0.4 is 0 Å². The van der Waals surface area contributed by atoms with Crippen molar-refractivity contribution in [3.63, 3.8) is 0 Å². The molecule has 4 aliphatic carbocycles. The maximum Gasteiger partial charge on any atom is 0.209 e. The molecule has 9 heteroatoms. The second kappa shape index (κ2) is 9.22. The summed E-state index contributed by atoms with van der Waals surface area (Å²) in [5.74, 6) is -9.87. The number of fused-ring (bicyclic) bond motifs is 2. The highest BCUT2D eigenvalue weighted by Gasteiger charge is 2.71. The molecule has 0 heterocycles. The summed E-state index contributed by atoms with van der Waals surface area (Å²) in [5, 5.41) is 54.3. The molecule has 5 N–H and O–H groups in total. The minimum Gasteiger partial charge on any atom is -0.511 e. The van der Waals surface area contributed by atoms with E-state index in [-0.39, 0.29) is 17.6 Å². The number of hydrogen-bond acceptors (Lipinski definition) is 9. The van der Waals surface area contributed by atoms with Crippen molar-refractivity contribution in [3.8, 4) is 0 Å². The second-order valence-electron chi connectivity index (χ2n) is 10.5. The van der Waals surface area contributed by atoms with Crippen LogP contribution in [0.4, 0.5) is 0 Å². The van der Waals surface area contributed by atoms with Crippen molar-refractivity contribution in [2.24, 2.45) is 23.2 Å². The number of aliphatic hydroxyl groups excluding tert-OH is 3. The number of rotatable bonds is 7. The Bertz CT molecular complexity index is 1240. The van der Waals surface area contributed by atoms with E-state index in [4.69, 9.17) is 0 Å². The van der Waals surface area contributed by atoms with Crippen LogP contribution in [0.3, 0.4) is 0 Å². The molecule has 200 valence electrons. The number of ketones is 4. The van der Waals surface area contributed by atoms with Gasteiger partial charge >= 0.3 is 0 Å². The smallest absolute Gasteiger partial charge is 0.209 e. The zero-order valence-corrected chi connectivity index (χ0v) is 21.8. The molecule has 9 nitrogen and oxygen atoms in total. The van der Waals surface area contributed by atoms with Gasteiger partial charge in [-0.05, 0) is 48.0 Å². The summed E-state index contributed by atoms with van der Waals surface area (Å²) < 4.78 is 0. The third-order valence-corrected chi connectivity index (χ3v) is 8.11.